The van der Waals surface area contributed by atoms with Crippen LogP contribution < -0.4 is 10.0 Å². The fourth-order valence-electron chi connectivity index (χ4n) is 4.85. The van der Waals surface area contributed by atoms with Crippen LogP contribution in [0.1, 0.15) is 31.2 Å². The maximum Gasteiger partial charge on any atom is 0.229 e. The maximum absolute atomic E-state index is 14.8. The molecule has 1 saturated carbocycles. The van der Waals surface area contributed by atoms with Crippen LogP contribution in [0.3, 0.4) is 0 Å². The number of anilines is 1. The molecule has 6 nitrogen and oxygen atoms in total. The van der Waals surface area contributed by atoms with Crippen molar-refractivity contribution in [3.05, 3.63) is 53.8 Å². The van der Waals surface area contributed by atoms with Crippen molar-refractivity contribution in [2.24, 2.45) is 11.8 Å². The van der Waals surface area contributed by atoms with Crippen molar-refractivity contribution < 1.29 is 17.6 Å². The molecule has 32 heavy (non-hydrogen) atoms. The molecule has 2 N–H and O–H groups in total. The Morgan fingerprint density at radius 3 is 2.50 bits per heavy atom. The van der Waals surface area contributed by atoms with Crippen LogP contribution in [0.2, 0.25) is 0 Å². The first-order valence-corrected chi connectivity index (χ1v) is 12.7. The van der Waals surface area contributed by atoms with E-state index in [0.29, 0.717) is 28.8 Å². The zero-order valence-corrected chi connectivity index (χ0v) is 18.7. The fourth-order valence-corrected chi connectivity index (χ4v) is 5.42. The number of piperidine rings is 1. The Labute approximate surface area is 187 Å². The number of hydrogen-bond donors (Lipinski definition) is 2. The molecule has 2 bridgehead atoms. The summed E-state index contributed by atoms with van der Waals surface area (Å²) < 4.78 is 39.8. The number of halogens is 1. The Bertz CT molecular complexity index is 1160. The van der Waals surface area contributed by atoms with Crippen molar-refractivity contribution in [2.45, 2.75) is 44.2 Å². The lowest BCUT2D eigenvalue weighted by atomic mass is 9.88. The highest BCUT2D eigenvalue weighted by Gasteiger charge is 2.42. The van der Waals surface area contributed by atoms with E-state index in [2.05, 4.69) is 16.1 Å². The van der Waals surface area contributed by atoms with Crippen LogP contribution >= 0.6 is 0 Å². The fraction of sp³-hybridized carbons (Fsp3) is 0.417. The Morgan fingerprint density at radius 1 is 1.22 bits per heavy atom. The van der Waals surface area contributed by atoms with E-state index in [1.165, 1.54) is 6.07 Å². The normalized spacial score (nSPS) is 23.0. The maximum atomic E-state index is 14.8. The lowest BCUT2D eigenvalue weighted by Gasteiger charge is -2.22. The lowest BCUT2D eigenvalue weighted by molar-refractivity contribution is -0.122. The molecule has 1 aliphatic heterocycles. The molecular weight excluding hydrogens is 429 g/mol. The van der Waals surface area contributed by atoms with E-state index in [-0.39, 0.29) is 24.7 Å². The van der Waals surface area contributed by atoms with Gasteiger partial charge in [-0.1, -0.05) is 24.3 Å². The highest BCUT2D eigenvalue weighted by Crippen LogP contribution is 2.36. The summed E-state index contributed by atoms with van der Waals surface area (Å²) in [6, 6.07) is 13.9. The molecule has 2 aromatic rings. The molecule has 2 aliphatic rings. The number of nitrogens with zero attached hydrogens (tertiary/aromatic N) is 1. The summed E-state index contributed by atoms with van der Waals surface area (Å²) in [5, 5.41) is 12.9. The van der Waals surface area contributed by atoms with Crippen molar-refractivity contribution in [1.82, 2.24) is 5.32 Å². The van der Waals surface area contributed by atoms with Gasteiger partial charge in [-0.15, -0.1) is 0 Å². The van der Waals surface area contributed by atoms with Crippen molar-refractivity contribution in [1.29, 1.82) is 5.26 Å². The van der Waals surface area contributed by atoms with Gasteiger partial charge in [-0.05, 0) is 66.5 Å². The van der Waals surface area contributed by atoms with Crippen molar-refractivity contribution >= 4 is 21.5 Å². The minimum atomic E-state index is -3.36. The summed E-state index contributed by atoms with van der Waals surface area (Å²) in [7, 11) is -3.36. The molecule has 1 saturated heterocycles. The van der Waals surface area contributed by atoms with Crippen LogP contribution in [0, 0.1) is 29.0 Å². The van der Waals surface area contributed by atoms with Crippen LogP contribution in [0.4, 0.5) is 10.1 Å². The van der Waals surface area contributed by atoms with Gasteiger partial charge >= 0.3 is 0 Å². The predicted octanol–water partition coefficient (Wildman–Crippen LogP) is 3.65. The van der Waals surface area contributed by atoms with Crippen LogP contribution in [-0.2, 0) is 21.2 Å². The summed E-state index contributed by atoms with van der Waals surface area (Å²) in [5.74, 6) is -0.554. The first-order valence-electron chi connectivity index (χ1n) is 10.8. The Kier molecular flexibility index (Phi) is 6.31. The van der Waals surface area contributed by atoms with E-state index in [0.717, 1.165) is 31.1 Å². The molecule has 1 heterocycles. The number of ketones is 1. The summed E-state index contributed by atoms with van der Waals surface area (Å²) >= 11 is 0. The second-order valence-corrected chi connectivity index (χ2v) is 10.6. The molecule has 4 atom stereocenters. The van der Waals surface area contributed by atoms with Gasteiger partial charge in [0.25, 0.3) is 0 Å². The smallest absolute Gasteiger partial charge is 0.229 e. The molecule has 1 unspecified atom stereocenters. The van der Waals surface area contributed by atoms with Crippen molar-refractivity contribution in [3.63, 3.8) is 0 Å². The van der Waals surface area contributed by atoms with Gasteiger partial charge in [-0.3, -0.25) is 9.52 Å². The number of benzene rings is 2. The van der Waals surface area contributed by atoms with Crippen LogP contribution in [0.25, 0.3) is 11.1 Å². The second-order valence-electron chi connectivity index (χ2n) is 8.87. The molecule has 0 spiro atoms. The summed E-state index contributed by atoms with van der Waals surface area (Å²) in [5.41, 5.74) is 2.22. The molecule has 2 aromatic carbocycles. The number of carbonyl (C=O) groups is 1. The van der Waals surface area contributed by atoms with E-state index in [4.69, 9.17) is 0 Å². The van der Waals surface area contributed by atoms with Crippen molar-refractivity contribution in [2.75, 3.05) is 11.0 Å². The molecule has 0 amide bonds. The monoisotopic (exact) mass is 455 g/mol. The zero-order valence-electron chi connectivity index (χ0n) is 17.8. The first-order chi connectivity index (χ1) is 15.2. The topological polar surface area (TPSA) is 99.1 Å². The minimum Gasteiger partial charge on any atom is -0.304 e. The average molecular weight is 456 g/mol. The number of nitriles is 1. The molecule has 4 rings (SSSR count). The first kappa shape index (κ1) is 22.4. The lowest BCUT2D eigenvalue weighted by Crippen LogP contribution is -2.42. The van der Waals surface area contributed by atoms with Crippen LogP contribution in [-0.4, -0.2) is 32.5 Å². The quantitative estimate of drug-likeness (QED) is 0.633. The highest BCUT2D eigenvalue weighted by molar-refractivity contribution is 7.92. The summed E-state index contributed by atoms with van der Waals surface area (Å²) in [6.07, 6.45) is 4.61. The van der Waals surface area contributed by atoms with Gasteiger partial charge in [0.2, 0.25) is 10.0 Å². The number of fused-ring (bicyclic) bond motifs is 2. The third kappa shape index (κ3) is 5.17. The molecule has 0 radical (unpaired) electrons. The van der Waals surface area contributed by atoms with Gasteiger partial charge in [0, 0.05) is 18.2 Å². The zero-order chi connectivity index (χ0) is 22.9. The minimum absolute atomic E-state index is 0.0589. The summed E-state index contributed by atoms with van der Waals surface area (Å²) in [4.78, 5) is 12.7. The largest absolute Gasteiger partial charge is 0.304 e. The number of hydrogen-bond acceptors (Lipinski definition) is 5. The van der Waals surface area contributed by atoms with E-state index in [1.54, 1.807) is 36.4 Å². The summed E-state index contributed by atoms with van der Waals surface area (Å²) in [6.45, 7) is 0. The standard InChI is InChI=1S/C24H26FN3O3S/c1-32(30,31)28-20-7-4-16(5-8-20)17-2-3-18(22(25)13-17)10-15(14-26)11-23(29)24-19-6-9-21(12-19)27-24/h2-5,7-8,13,15,19,21,24,27-28H,6,9-12H2,1H3/t15?,19-,21+,24-/m0/s1. The van der Waals surface area contributed by atoms with Gasteiger partial charge in [0.05, 0.1) is 24.3 Å². The Balaban J connectivity index is 1.41. The highest BCUT2D eigenvalue weighted by atomic mass is 32.2. The molecular formula is C24H26FN3O3S. The molecule has 8 heteroatoms. The number of sulfonamides is 1. The van der Waals surface area contributed by atoms with Gasteiger partial charge in [0.15, 0.2) is 5.78 Å². The van der Waals surface area contributed by atoms with Gasteiger partial charge in [-0.25, -0.2) is 12.8 Å². The molecule has 168 valence electrons. The molecule has 1 aliphatic carbocycles. The van der Waals surface area contributed by atoms with E-state index in [9.17, 15) is 22.9 Å². The predicted molar refractivity (Wildman–Crippen MR) is 121 cm³/mol. The molecule has 0 aromatic heterocycles. The van der Waals surface area contributed by atoms with Gasteiger partial charge in [0.1, 0.15) is 5.82 Å². The van der Waals surface area contributed by atoms with E-state index >= 15 is 0 Å². The van der Waals surface area contributed by atoms with Gasteiger partial charge in [-0.2, -0.15) is 5.26 Å². The average Bonchev–Trinajstić information content (AvgIpc) is 3.37. The number of nitrogens with one attached hydrogen (secondary N) is 2. The Morgan fingerprint density at radius 2 is 1.94 bits per heavy atom. The number of Topliss-reactive ketones (excluding diaryl/α,β-unsaturated/α-hetero) is 1. The number of carbonyl (C=O) groups excluding carboxylic acids is 1. The third-order valence-electron chi connectivity index (χ3n) is 6.38. The van der Waals surface area contributed by atoms with Crippen LogP contribution in [0.5, 0.6) is 0 Å². The van der Waals surface area contributed by atoms with Gasteiger partial charge < -0.3 is 5.32 Å². The Hall–Kier alpha value is -2.76. The van der Waals surface area contributed by atoms with E-state index < -0.39 is 21.8 Å². The SMILES string of the molecule is CS(=O)(=O)Nc1ccc(-c2ccc(CC(C#N)CC(=O)[C@H]3N[C@@H]4CC[C@H]3C4)c(F)c2)cc1. The molecule has 2 fully saturated rings. The van der Waals surface area contributed by atoms with Crippen LogP contribution in [0.15, 0.2) is 42.5 Å². The second kappa shape index (κ2) is 9.00. The number of rotatable bonds is 8. The third-order valence-corrected chi connectivity index (χ3v) is 6.98. The van der Waals surface area contributed by atoms with E-state index in [1.807, 2.05) is 0 Å². The van der Waals surface area contributed by atoms with Crippen molar-refractivity contribution in [3.8, 4) is 17.2 Å².